The largest absolute Gasteiger partial charge is 0.348 e. The van der Waals surface area contributed by atoms with Gasteiger partial charge in [0.1, 0.15) is 5.78 Å². The quantitative estimate of drug-likeness (QED) is 0.520. The lowest BCUT2D eigenvalue weighted by Gasteiger charge is -2.08. The van der Waals surface area contributed by atoms with Gasteiger partial charge in [0.05, 0.1) is 19.6 Å². The van der Waals surface area contributed by atoms with Crippen molar-refractivity contribution in [1.82, 2.24) is 16.0 Å². The molecule has 0 aromatic rings. The highest BCUT2D eigenvalue weighted by molar-refractivity contribution is 5.90. The third-order valence-electron chi connectivity index (χ3n) is 1.93. The average Bonchev–Trinajstić information content (AvgIpc) is 2.30. The van der Waals surface area contributed by atoms with Gasteiger partial charge >= 0.3 is 0 Å². The summed E-state index contributed by atoms with van der Waals surface area (Å²) >= 11 is 0. The minimum atomic E-state index is -0.457. The molecule has 7 nitrogen and oxygen atoms in total. The molecule has 0 atom stereocenters. The van der Waals surface area contributed by atoms with E-state index >= 15 is 0 Å². The van der Waals surface area contributed by atoms with Gasteiger partial charge in [-0.1, -0.05) is 13.8 Å². The summed E-state index contributed by atoms with van der Waals surface area (Å²) in [5.41, 5.74) is 0. The first kappa shape index (κ1) is 16.1. The van der Waals surface area contributed by atoms with Crippen molar-refractivity contribution in [1.29, 1.82) is 0 Å². The summed E-state index contributed by atoms with van der Waals surface area (Å²) in [5, 5.41) is 7.07. The minimum absolute atomic E-state index is 0.0568. The maximum Gasteiger partial charge on any atom is 0.239 e. The monoisotopic (exact) mass is 257 g/mol. The molecule has 0 aromatic carbocycles. The highest BCUT2D eigenvalue weighted by Gasteiger charge is 2.09. The first-order valence-electron chi connectivity index (χ1n) is 5.63. The van der Waals surface area contributed by atoms with Crippen molar-refractivity contribution >= 4 is 23.5 Å². The van der Waals surface area contributed by atoms with Gasteiger partial charge in [-0.05, 0) is 6.92 Å². The zero-order chi connectivity index (χ0) is 14.1. The predicted molar refractivity (Wildman–Crippen MR) is 64.5 cm³/mol. The fraction of sp³-hybridized carbons (Fsp3) is 0.636. The van der Waals surface area contributed by atoms with Crippen molar-refractivity contribution < 1.29 is 19.2 Å². The summed E-state index contributed by atoms with van der Waals surface area (Å²) in [7, 11) is 0. The average molecular weight is 257 g/mol. The second kappa shape index (κ2) is 8.21. The Kier molecular flexibility index (Phi) is 7.34. The van der Waals surface area contributed by atoms with Gasteiger partial charge in [-0.15, -0.1) is 0 Å². The van der Waals surface area contributed by atoms with Gasteiger partial charge in [-0.2, -0.15) is 0 Å². The number of hydrogen-bond acceptors (Lipinski definition) is 4. The number of amides is 3. The van der Waals surface area contributed by atoms with Crippen LogP contribution in [0.3, 0.4) is 0 Å². The number of carbonyl (C=O) groups excluding carboxylic acids is 4. The Morgan fingerprint density at radius 2 is 1.28 bits per heavy atom. The number of ketones is 1. The summed E-state index contributed by atoms with van der Waals surface area (Å²) in [6.45, 7) is 4.32. The molecule has 0 aliphatic rings. The summed E-state index contributed by atoms with van der Waals surface area (Å²) < 4.78 is 0. The molecule has 0 heterocycles. The fourth-order valence-corrected chi connectivity index (χ4v) is 0.898. The van der Waals surface area contributed by atoms with Crippen LogP contribution in [-0.2, 0) is 19.2 Å². The Morgan fingerprint density at radius 3 is 1.72 bits per heavy atom. The zero-order valence-electron chi connectivity index (χ0n) is 10.8. The highest BCUT2D eigenvalue weighted by Crippen LogP contribution is 1.89. The van der Waals surface area contributed by atoms with E-state index in [0.29, 0.717) is 0 Å². The van der Waals surface area contributed by atoms with Crippen LogP contribution in [0.1, 0.15) is 20.8 Å². The molecular formula is C11H19N3O4. The van der Waals surface area contributed by atoms with E-state index in [-0.39, 0.29) is 37.2 Å². The second-order valence-electron chi connectivity index (χ2n) is 4.13. The zero-order valence-corrected chi connectivity index (χ0v) is 10.8. The van der Waals surface area contributed by atoms with Crippen LogP contribution in [0, 0.1) is 5.92 Å². The molecular weight excluding hydrogens is 238 g/mol. The Bertz CT molecular complexity index is 339. The van der Waals surface area contributed by atoms with Crippen LogP contribution in [0.5, 0.6) is 0 Å². The van der Waals surface area contributed by atoms with Gasteiger partial charge in [0.25, 0.3) is 0 Å². The van der Waals surface area contributed by atoms with Gasteiger partial charge in [0.15, 0.2) is 0 Å². The Hall–Kier alpha value is -1.92. The van der Waals surface area contributed by atoms with Crippen molar-refractivity contribution in [3.8, 4) is 0 Å². The van der Waals surface area contributed by atoms with Gasteiger partial charge in [-0.3, -0.25) is 19.2 Å². The van der Waals surface area contributed by atoms with Gasteiger partial charge < -0.3 is 16.0 Å². The molecule has 0 bridgehead atoms. The molecule has 0 saturated carbocycles. The van der Waals surface area contributed by atoms with Crippen LogP contribution in [-0.4, -0.2) is 43.1 Å². The first-order valence-corrected chi connectivity index (χ1v) is 5.63. The molecule has 0 fully saturated rings. The second-order valence-corrected chi connectivity index (χ2v) is 4.13. The Labute approximate surface area is 106 Å². The Balaban J connectivity index is 3.73. The van der Waals surface area contributed by atoms with Crippen molar-refractivity contribution in [2.75, 3.05) is 19.6 Å². The molecule has 0 spiro atoms. The molecule has 3 N–H and O–H groups in total. The van der Waals surface area contributed by atoms with Gasteiger partial charge in [0.2, 0.25) is 17.7 Å². The fourth-order valence-electron chi connectivity index (χ4n) is 0.898. The highest BCUT2D eigenvalue weighted by atomic mass is 16.2. The number of rotatable bonds is 7. The summed E-state index contributed by atoms with van der Waals surface area (Å²) in [4.78, 5) is 44.1. The van der Waals surface area contributed by atoms with E-state index in [9.17, 15) is 19.2 Å². The lowest BCUT2D eigenvalue weighted by molar-refractivity contribution is -0.129. The van der Waals surface area contributed by atoms with Crippen LogP contribution in [0.15, 0.2) is 0 Å². The summed E-state index contributed by atoms with van der Waals surface area (Å²) in [6, 6.07) is 0. The molecule has 0 rings (SSSR count). The lowest BCUT2D eigenvalue weighted by atomic mass is 10.2. The lowest BCUT2D eigenvalue weighted by Crippen LogP contribution is -2.43. The molecule has 0 saturated heterocycles. The SMILES string of the molecule is CC(=O)CNC(=O)CNC(=O)CNC(=O)C(C)C. The van der Waals surface area contributed by atoms with Crippen molar-refractivity contribution in [3.63, 3.8) is 0 Å². The van der Waals surface area contributed by atoms with Crippen LogP contribution in [0.25, 0.3) is 0 Å². The van der Waals surface area contributed by atoms with E-state index in [1.54, 1.807) is 13.8 Å². The van der Waals surface area contributed by atoms with Crippen molar-refractivity contribution in [3.05, 3.63) is 0 Å². The maximum absolute atomic E-state index is 11.2. The van der Waals surface area contributed by atoms with E-state index in [1.807, 2.05) is 0 Å². The van der Waals surface area contributed by atoms with Crippen LogP contribution >= 0.6 is 0 Å². The van der Waals surface area contributed by atoms with E-state index in [1.165, 1.54) is 6.92 Å². The van der Waals surface area contributed by atoms with Gasteiger partial charge in [-0.25, -0.2) is 0 Å². The standard InChI is InChI=1S/C11H19N3O4/c1-7(2)11(18)14-6-10(17)13-5-9(16)12-4-8(3)15/h7H,4-6H2,1-3H3,(H,12,16)(H,13,17)(H,14,18). The molecule has 0 aromatic heterocycles. The Morgan fingerprint density at radius 1 is 0.833 bits per heavy atom. The van der Waals surface area contributed by atoms with E-state index < -0.39 is 11.8 Å². The molecule has 0 unspecified atom stereocenters. The van der Waals surface area contributed by atoms with Crippen molar-refractivity contribution in [2.45, 2.75) is 20.8 Å². The summed E-state index contributed by atoms with van der Waals surface area (Å²) in [6.07, 6.45) is 0. The summed E-state index contributed by atoms with van der Waals surface area (Å²) in [5.74, 6) is -1.50. The van der Waals surface area contributed by atoms with Crippen LogP contribution in [0.4, 0.5) is 0 Å². The van der Waals surface area contributed by atoms with E-state index in [0.717, 1.165) is 0 Å². The topological polar surface area (TPSA) is 104 Å². The molecule has 7 heteroatoms. The number of Topliss-reactive ketones (excluding diaryl/α,β-unsaturated/α-hetero) is 1. The maximum atomic E-state index is 11.2. The normalized spacial score (nSPS) is 9.78. The van der Waals surface area contributed by atoms with E-state index in [2.05, 4.69) is 16.0 Å². The predicted octanol–water partition coefficient (Wildman–Crippen LogP) is -1.42. The van der Waals surface area contributed by atoms with Crippen LogP contribution in [0.2, 0.25) is 0 Å². The number of carbonyl (C=O) groups is 4. The van der Waals surface area contributed by atoms with Crippen molar-refractivity contribution in [2.24, 2.45) is 5.92 Å². The number of hydrogen-bond donors (Lipinski definition) is 3. The van der Waals surface area contributed by atoms with E-state index in [4.69, 9.17) is 0 Å². The van der Waals surface area contributed by atoms with Crippen LogP contribution < -0.4 is 16.0 Å². The molecule has 3 amide bonds. The first-order chi connectivity index (χ1) is 8.32. The molecule has 0 radical (unpaired) electrons. The minimum Gasteiger partial charge on any atom is -0.348 e. The molecule has 0 aliphatic carbocycles. The van der Waals surface area contributed by atoms with Gasteiger partial charge in [0, 0.05) is 5.92 Å². The third kappa shape index (κ3) is 8.26. The smallest absolute Gasteiger partial charge is 0.239 e. The number of nitrogens with one attached hydrogen (secondary N) is 3. The third-order valence-corrected chi connectivity index (χ3v) is 1.93. The molecule has 102 valence electrons. The molecule has 18 heavy (non-hydrogen) atoms. The molecule has 0 aliphatic heterocycles.